The molecule has 2 rings (SSSR count). The second kappa shape index (κ2) is 6.63. The van der Waals surface area contributed by atoms with Crippen molar-refractivity contribution < 1.29 is 28.5 Å². The van der Waals surface area contributed by atoms with Gasteiger partial charge in [0.2, 0.25) is 0 Å². The van der Waals surface area contributed by atoms with Crippen molar-refractivity contribution in [2.24, 2.45) is 0 Å². The third-order valence-corrected chi connectivity index (χ3v) is 3.65. The Labute approximate surface area is 123 Å². The zero-order valence-corrected chi connectivity index (χ0v) is 12.5. The number of carbonyl (C=O) groups excluding carboxylic acids is 2. The molecule has 1 saturated heterocycles. The Kier molecular flexibility index (Phi) is 5.07. The van der Waals surface area contributed by atoms with E-state index in [0.717, 1.165) is 4.90 Å². The molecule has 21 heavy (non-hydrogen) atoms. The highest BCUT2D eigenvalue weighted by Crippen LogP contribution is 2.28. The van der Waals surface area contributed by atoms with E-state index in [1.165, 1.54) is 31.3 Å². The average molecular weight is 300 g/mol. The first-order valence-electron chi connectivity index (χ1n) is 6.53. The van der Waals surface area contributed by atoms with E-state index in [9.17, 15) is 9.59 Å². The molecule has 8 nitrogen and oxygen atoms in total. The SMILES string of the molecule is COC[C@H]1O[C@@H]([N+]2C=CC(=O)N(C)C2=O)[C@H](OC)[C@@H]1OC. The standard InChI is InChI=1S/C13H20N2O6/c1-14-9(16)5-6-15(13(14)17)12-11(20-4)10(19-3)8(21-12)7-18-2/h5-6,8,10-12H,7H2,1-4H3/q+1/t8-,10-,11-,12-/m1/s1. The first kappa shape index (κ1) is 16.1. The van der Waals surface area contributed by atoms with Crippen molar-refractivity contribution in [3.63, 3.8) is 0 Å². The Balaban J connectivity index is 2.24. The van der Waals surface area contributed by atoms with Gasteiger partial charge in [-0.25, -0.2) is 9.69 Å². The van der Waals surface area contributed by atoms with E-state index < -0.39 is 18.4 Å². The van der Waals surface area contributed by atoms with Gasteiger partial charge in [0.1, 0.15) is 12.2 Å². The van der Waals surface area contributed by atoms with Gasteiger partial charge >= 0.3 is 6.03 Å². The molecular formula is C13H20N2O6+. The fraction of sp³-hybridized carbons (Fsp3) is 0.692. The highest BCUT2D eigenvalue weighted by Gasteiger charge is 2.56. The zero-order chi connectivity index (χ0) is 15.6. The minimum absolute atomic E-state index is 0.315. The van der Waals surface area contributed by atoms with Crippen molar-refractivity contribution in [2.75, 3.05) is 35.0 Å². The third kappa shape index (κ3) is 2.85. The Morgan fingerprint density at radius 1 is 1.24 bits per heavy atom. The van der Waals surface area contributed by atoms with Crippen molar-refractivity contribution in [1.82, 2.24) is 9.80 Å². The van der Waals surface area contributed by atoms with Gasteiger partial charge in [0.25, 0.3) is 12.1 Å². The lowest BCUT2D eigenvalue weighted by molar-refractivity contribution is -0.123. The first-order valence-corrected chi connectivity index (χ1v) is 6.53. The van der Waals surface area contributed by atoms with E-state index in [-0.39, 0.29) is 18.1 Å². The van der Waals surface area contributed by atoms with Crippen LogP contribution in [-0.4, -0.2) is 76.4 Å². The van der Waals surface area contributed by atoms with Gasteiger partial charge in [0.05, 0.1) is 12.7 Å². The topological polar surface area (TPSA) is 80.2 Å². The van der Waals surface area contributed by atoms with Gasteiger partial charge in [0.15, 0.2) is 12.3 Å². The van der Waals surface area contributed by atoms with Crippen LogP contribution in [0, 0.1) is 0 Å². The highest BCUT2D eigenvalue weighted by molar-refractivity contribution is 6.03. The van der Waals surface area contributed by atoms with Gasteiger partial charge in [-0.2, -0.15) is 0 Å². The predicted molar refractivity (Wildman–Crippen MR) is 71.6 cm³/mol. The number of hydrogen-bond acceptors (Lipinski definition) is 6. The van der Waals surface area contributed by atoms with Gasteiger partial charge in [-0.1, -0.05) is 0 Å². The van der Waals surface area contributed by atoms with Crippen LogP contribution in [0.25, 0.3) is 0 Å². The van der Waals surface area contributed by atoms with Crippen molar-refractivity contribution in [3.8, 4) is 0 Å². The maximum absolute atomic E-state index is 12.2. The van der Waals surface area contributed by atoms with E-state index in [4.69, 9.17) is 18.9 Å². The number of ether oxygens (including phenoxy) is 4. The first-order chi connectivity index (χ1) is 10.0. The Hall–Kier alpha value is -1.32. The lowest BCUT2D eigenvalue weighted by Crippen LogP contribution is -2.56. The maximum Gasteiger partial charge on any atom is 0.481 e. The normalized spacial score (nSPS) is 34.0. The molecule has 0 aromatic rings. The summed E-state index contributed by atoms with van der Waals surface area (Å²) in [7, 11) is 6.05. The molecule has 0 aliphatic carbocycles. The summed E-state index contributed by atoms with van der Waals surface area (Å²) in [4.78, 5) is 26.0. The molecule has 4 atom stereocenters. The number of carbonyl (C=O) groups is 2. The van der Waals surface area contributed by atoms with Crippen LogP contribution in [0.15, 0.2) is 12.3 Å². The smallest absolute Gasteiger partial charge is 0.382 e. The van der Waals surface area contributed by atoms with Gasteiger partial charge in [-0.15, -0.1) is 0 Å². The van der Waals surface area contributed by atoms with Gasteiger partial charge in [0, 0.05) is 28.4 Å². The molecule has 1 radical (unpaired) electrons. The van der Waals surface area contributed by atoms with E-state index in [0.29, 0.717) is 6.61 Å². The van der Waals surface area contributed by atoms with Crippen molar-refractivity contribution >= 4 is 11.9 Å². The van der Waals surface area contributed by atoms with Crippen LogP contribution in [0.1, 0.15) is 0 Å². The van der Waals surface area contributed by atoms with Crippen molar-refractivity contribution in [1.29, 1.82) is 0 Å². The fourth-order valence-corrected chi connectivity index (χ4v) is 2.55. The Morgan fingerprint density at radius 3 is 2.48 bits per heavy atom. The molecule has 0 bridgehead atoms. The van der Waals surface area contributed by atoms with E-state index >= 15 is 0 Å². The maximum atomic E-state index is 12.2. The van der Waals surface area contributed by atoms with Gasteiger partial charge in [-0.3, -0.25) is 4.79 Å². The van der Waals surface area contributed by atoms with Crippen LogP contribution in [0.2, 0.25) is 0 Å². The summed E-state index contributed by atoms with van der Waals surface area (Å²) in [5.41, 5.74) is 0. The molecule has 2 aliphatic rings. The number of urea groups is 1. The van der Waals surface area contributed by atoms with E-state index in [1.54, 1.807) is 14.2 Å². The van der Waals surface area contributed by atoms with Crippen LogP contribution in [0.5, 0.6) is 0 Å². The quantitative estimate of drug-likeness (QED) is 0.645. The second-order valence-electron chi connectivity index (χ2n) is 4.82. The molecule has 2 heterocycles. The number of likely N-dealkylation sites (N-methyl/N-ethyl adjacent to an activating group) is 1. The lowest BCUT2D eigenvalue weighted by Gasteiger charge is -2.23. The number of imide groups is 1. The Morgan fingerprint density at radius 2 is 1.90 bits per heavy atom. The number of nitrogens with zero attached hydrogens (tertiary/aromatic N) is 2. The minimum atomic E-state index is -0.681. The Bertz CT molecular complexity index is 440. The van der Waals surface area contributed by atoms with Crippen LogP contribution in [0.3, 0.4) is 0 Å². The largest absolute Gasteiger partial charge is 0.481 e. The van der Waals surface area contributed by atoms with Crippen LogP contribution >= 0.6 is 0 Å². The highest BCUT2D eigenvalue weighted by atomic mass is 16.6. The number of methoxy groups -OCH3 is 3. The van der Waals surface area contributed by atoms with Crippen LogP contribution in [-0.2, 0) is 23.7 Å². The molecule has 2 aliphatic heterocycles. The summed E-state index contributed by atoms with van der Waals surface area (Å²) >= 11 is 0. The van der Waals surface area contributed by atoms with Crippen molar-refractivity contribution in [3.05, 3.63) is 12.3 Å². The van der Waals surface area contributed by atoms with Crippen LogP contribution < -0.4 is 4.90 Å². The summed E-state index contributed by atoms with van der Waals surface area (Å²) in [5, 5.41) is 0. The summed E-state index contributed by atoms with van der Waals surface area (Å²) in [6.45, 7) is 0.315. The molecule has 117 valence electrons. The molecule has 0 unspecified atom stereocenters. The molecule has 0 spiro atoms. The van der Waals surface area contributed by atoms with Gasteiger partial charge in [-0.05, 0) is 4.90 Å². The zero-order valence-electron chi connectivity index (χ0n) is 12.5. The third-order valence-electron chi connectivity index (χ3n) is 3.65. The van der Waals surface area contributed by atoms with Crippen LogP contribution in [0.4, 0.5) is 4.79 Å². The summed E-state index contributed by atoms with van der Waals surface area (Å²) in [5.74, 6) is -0.375. The number of rotatable bonds is 5. The average Bonchev–Trinajstić information content (AvgIpc) is 2.82. The fourth-order valence-electron chi connectivity index (χ4n) is 2.55. The molecular weight excluding hydrogens is 280 g/mol. The summed E-state index contributed by atoms with van der Waals surface area (Å²) < 4.78 is 21.8. The molecule has 0 aromatic heterocycles. The molecule has 0 N–H and O–H groups in total. The predicted octanol–water partition coefficient (Wildman–Crippen LogP) is -0.366. The van der Waals surface area contributed by atoms with E-state index in [1.807, 2.05) is 0 Å². The molecule has 0 saturated carbocycles. The minimum Gasteiger partial charge on any atom is -0.382 e. The summed E-state index contributed by atoms with van der Waals surface area (Å²) in [6.07, 6.45) is 0.819. The van der Waals surface area contributed by atoms with E-state index in [2.05, 4.69) is 0 Å². The molecule has 0 aromatic carbocycles. The second-order valence-corrected chi connectivity index (χ2v) is 4.82. The lowest BCUT2D eigenvalue weighted by atomic mass is 10.1. The molecule has 8 heteroatoms. The monoisotopic (exact) mass is 300 g/mol. The van der Waals surface area contributed by atoms with Gasteiger partial charge < -0.3 is 18.9 Å². The number of amides is 3. The van der Waals surface area contributed by atoms with Crippen molar-refractivity contribution in [2.45, 2.75) is 24.5 Å². The number of hydrogen-bond donors (Lipinski definition) is 0. The summed E-state index contributed by atoms with van der Waals surface area (Å²) in [6, 6.07) is -0.470. The molecule has 1 fully saturated rings. The molecule has 3 amide bonds.